The molecule has 0 atom stereocenters. The number of hydrogen-bond acceptors (Lipinski definition) is 3. The molecule has 0 aliphatic heterocycles. The number of carbonyl (C=O) groups is 1. The molecule has 2 rings (SSSR count). The Balaban J connectivity index is 2.62. The second-order valence-electron chi connectivity index (χ2n) is 9.65. The monoisotopic (exact) mass is 476 g/mol. The second-order valence-corrected chi connectivity index (χ2v) is 9.65. The van der Waals surface area contributed by atoms with E-state index in [1.807, 2.05) is 0 Å². The van der Waals surface area contributed by atoms with Crippen LogP contribution in [-0.4, -0.2) is 23.9 Å². The number of rotatable bonds is 4. The summed E-state index contributed by atoms with van der Waals surface area (Å²) in [6.45, 7) is 9.79. The van der Waals surface area contributed by atoms with Crippen LogP contribution >= 0.6 is 0 Å². The molecule has 33 heavy (non-hydrogen) atoms. The van der Waals surface area contributed by atoms with Crippen molar-refractivity contribution in [3.05, 3.63) is 59.7 Å². The van der Waals surface area contributed by atoms with E-state index < -0.39 is 45.9 Å². The van der Waals surface area contributed by atoms with E-state index in [1.165, 1.54) is 0 Å². The molecule has 0 amide bonds. The molecular weight excluding hydrogens is 450 g/mol. The van der Waals surface area contributed by atoms with Gasteiger partial charge in [-0.05, 0) is 76.9 Å². The molecule has 0 unspecified atom stereocenters. The van der Waals surface area contributed by atoms with Crippen molar-refractivity contribution >= 4 is 5.97 Å². The third-order valence-corrected chi connectivity index (χ3v) is 4.67. The molecule has 0 saturated heterocycles. The first-order chi connectivity index (χ1) is 14.8. The standard InChI is InChI=1S/C24H26F6O3/c1-20(2,3)19(31)32-17-11-7-15(8-12-17)22(23(25,26)27,24(28,29)30)16-9-13-18(14-10-16)33-21(4,5)6/h7-14H,1-6H3. The fourth-order valence-corrected chi connectivity index (χ4v) is 3.14. The molecule has 0 aliphatic rings. The first kappa shape index (κ1) is 26.5. The molecule has 2 aromatic rings. The van der Waals surface area contributed by atoms with Crippen LogP contribution < -0.4 is 9.47 Å². The van der Waals surface area contributed by atoms with Gasteiger partial charge in [-0.2, -0.15) is 26.3 Å². The SMILES string of the molecule is CC(C)(C)Oc1ccc(C(c2ccc(OC(=O)C(C)(C)C)cc2)(C(F)(F)F)C(F)(F)F)cc1. The Morgan fingerprint density at radius 2 is 1.00 bits per heavy atom. The Labute approximate surface area is 188 Å². The predicted molar refractivity (Wildman–Crippen MR) is 111 cm³/mol. The molecule has 0 aliphatic carbocycles. The van der Waals surface area contributed by atoms with E-state index in [0.717, 1.165) is 36.4 Å². The number of alkyl halides is 6. The average molecular weight is 476 g/mol. The quantitative estimate of drug-likeness (QED) is 0.265. The maximum Gasteiger partial charge on any atom is 0.411 e. The van der Waals surface area contributed by atoms with Crippen molar-refractivity contribution in [2.45, 2.75) is 64.9 Å². The number of esters is 1. The Morgan fingerprint density at radius 1 is 0.636 bits per heavy atom. The maximum absolute atomic E-state index is 14.2. The normalized spacial score (nSPS) is 13.6. The maximum atomic E-state index is 14.2. The van der Waals surface area contributed by atoms with Gasteiger partial charge in [0, 0.05) is 0 Å². The minimum absolute atomic E-state index is 0.133. The average Bonchev–Trinajstić information content (AvgIpc) is 2.60. The third-order valence-electron chi connectivity index (χ3n) is 4.67. The fourth-order valence-electron chi connectivity index (χ4n) is 3.14. The number of carbonyl (C=O) groups excluding carboxylic acids is 1. The van der Waals surface area contributed by atoms with Crippen molar-refractivity contribution in [3.63, 3.8) is 0 Å². The van der Waals surface area contributed by atoms with E-state index in [9.17, 15) is 31.1 Å². The summed E-state index contributed by atoms with van der Waals surface area (Å²) in [7, 11) is 0. The molecule has 0 saturated carbocycles. The summed E-state index contributed by atoms with van der Waals surface area (Å²) in [4.78, 5) is 12.0. The summed E-state index contributed by atoms with van der Waals surface area (Å²) < 4.78 is 96.1. The first-order valence-electron chi connectivity index (χ1n) is 10.0. The summed E-state index contributed by atoms with van der Waals surface area (Å²) in [6.07, 6.45) is -11.4. The highest BCUT2D eigenvalue weighted by Gasteiger charge is 2.72. The Hall–Kier alpha value is -2.71. The zero-order valence-electron chi connectivity index (χ0n) is 19.1. The predicted octanol–water partition coefficient (Wildman–Crippen LogP) is 7.23. The van der Waals surface area contributed by atoms with Gasteiger partial charge in [-0.25, -0.2) is 0 Å². The van der Waals surface area contributed by atoms with Crippen molar-refractivity contribution in [1.82, 2.24) is 0 Å². The van der Waals surface area contributed by atoms with Crippen LogP contribution in [-0.2, 0) is 10.2 Å². The zero-order chi connectivity index (χ0) is 25.5. The minimum Gasteiger partial charge on any atom is -0.488 e. The van der Waals surface area contributed by atoms with Crippen molar-refractivity contribution < 1.29 is 40.6 Å². The van der Waals surface area contributed by atoms with Crippen LogP contribution in [0.3, 0.4) is 0 Å². The molecule has 182 valence electrons. The minimum atomic E-state index is -5.72. The van der Waals surface area contributed by atoms with Gasteiger partial charge in [-0.15, -0.1) is 0 Å². The van der Waals surface area contributed by atoms with E-state index in [1.54, 1.807) is 41.5 Å². The van der Waals surface area contributed by atoms with Gasteiger partial charge in [-0.1, -0.05) is 24.3 Å². The van der Waals surface area contributed by atoms with Gasteiger partial charge < -0.3 is 9.47 Å². The Bertz CT molecular complexity index is 946. The van der Waals surface area contributed by atoms with Gasteiger partial charge in [0.05, 0.1) is 5.41 Å². The molecule has 2 aromatic carbocycles. The number of benzene rings is 2. The van der Waals surface area contributed by atoms with Crippen LogP contribution in [0, 0.1) is 5.41 Å². The second kappa shape index (κ2) is 8.57. The van der Waals surface area contributed by atoms with Crippen LogP contribution in [0.1, 0.15) is 52.7 Å². The summed E-state index contributed by atoms with van der Waals surface area (Å²) in [5, 5.41) is 0. The molecule has 0 radical (unpaired) electrons. The summed E-state index contributed by atoms with van der Waals surface area (Å²) in [5.74, 6) is -0.706. The van der Waals surface area contributed by atoms with E-state index in [2.05, 4.69) is 0 Å². The summed E-state index contributed by atoms with van der Waals surface area (Å²) in [5.41, 5.74) is -7.96. The molecule has 0 fully saturated rings. The highest BCUT2D eigenvalue weighted by atomic mass is 19.4. The smallest absolute Gasteiger partial charge is 0.411 e. The lowest BCUT2D eigenvalue weighted by Gasteiger charge is -2.38. The Morgan fingerprint density at radius 3 is 1.30 bits per heavy atom. The van der Waals surface area contributed by atoms with E-state index in [0.29, 0.717) is 12.1 Å². The van der Waals surface area contributed by atoms with Gasteiger partial charge in [0.2, 0.25) is 5.41 Å². The van der Waals surface area contributed by atoms with Crippen LogP contribution in [0.15, 0.2) is 48.5 Å². The summed E-state index contributed by atoms with van der Waals surface area (Å²) >= 11 is 0. The molecule has 9 heteroatoms. The Kier molecular flexibility index (Phi) is 6.90. The topological polar surface area (TPSA) is 35.5 Å². The van der Waals surface area contributed by atoms with Gasteiger partial charge in [0.15, 0.2) is 0 Å². The highest BCUT2D eigenvalue weighted by Crippen LogP contribution is 2.56. The lowest BCUT2D eigenvalue weighted by atomic mass is 9.73. The van der Waals surface area contributed by atoms with Crippen molar-refractivity contribution in [3.8, 4) is 11.5 Å². The first-order valence-corrected chi connectivity index (χ1v) is 10.0. The number of halogens is 6. The fraction of sp³-hybridized carbons (Fsp3) is 0.458. The van der Waals surface area contributed by atoms with Crippen molar-refractivity contribution in [2.75, 3.05) is 0 Å². The van der Waals surface area contributed by atoms with Gasteiger partial charge >= 0.3 is 18.3 Å². The molecule has 3 nitrogen and oxygen atoms in total. The molecule has 0 aromatic heterocycles. The van der Waals surface area contributed by atoms with Gasteiger partial charge in [0.25, 0.3) is 0 Å². The molecule has 0 spiro atoms. The lowest BCUT2D eigenvalue weighted by Crippen LogP contribution is -2.54. The van der Waals surface area contributed by atoms with Gasteiger partial charge in [0.1, 0.15) is 17.1 Å². The van der Waals surface area contributed by atoms with Crippen LogP contribution in [0.25, 0.3) is 0 Å². The highest BCUT2D eigenvalue weighted by molar-refractivity contribution is 5.77. The van der Waals surface area contributed by atoms with Crippen molar-refractivity contribution in [2.24, 2.45) is 5.41 Å². The third kappa shape index (κ3) is 5.62. The lowest BCUT2D eigenvalue weighted by molar-refractivity contribution is -0.288. The summed E-state index contributed by atoms with van der Waals surface area (Å²) in [6, 6.07) is 6.85. The number of hydrogen-bond donors (Lipinski definition) is 0. The largest absolute Gasteiger partial charge is 0.488 e. The van der Waals surface area contributed by atoms with E-state index in [-0.39, 0.29) is 11.5 Å². The van der Waals surface area contributed by atoms with Crippen LogP contribution in [0.4, 0.5) is 26.3 Å². The molecule has 0 heterocycles. The zero-order valence-corrected chi connectivity index (χ0v) is 19.1. The molecular formula is C24H26F6O3. The molecule has 0 N–H and O–H groups in total. The van der Waals surface area contributed by atoms with Crippen LogP contribution in [0.5, 0.6) is 11.5 Å². The van der Waals surface area contributed by atoms with E-state index in [4.69, 9.17) is 9.47 Å². The number of ether oxygens (including phenoxy) is 2. The van der Waals surface area contributed by atoms with Crippen molar-refractivity contribution in [1.29, 1.82) is 0 Å². The van der Waals surface area contributed by atoms with Crippen LogP contribution in [0.2, 0.25) is 0 Å². The molecule has 0 bridgehead atoms. The van der Waals surface area contributed by atoms with E-state index >= 15 is 0 Å². The van der Waals surface area contributed by atoms with Gasteiger partial charge in [-0.3, -0.25) is 4.79 Å².